The molecule has 2 aromatic carbocycles. The van der Waals surface area contributed by atoms with Crippen LogP contribution in [0.3, 0.4) is 0 Å². The molecule has 0 aliphatic rings. The summed E-state index contributed by atoms with van der Waals surface area (Å²) in [4.78, 5) is 14.5. The molecule has 8 heteroatoms. The fourth-order valence-corrected chi connectivity index (χ4v) is 3.37. The van der Waals surface area contributed by atoms with Gasteiger partial charge in [0, 0.05) is 40.4 Å². The quantitative estimate of drug-likeness (QED) is 0.816. The molecule has 140 valence electrons. The van der Waals surface area contributed by atoms with Crippen LogP contribution in [-0.4, -0.2) is 46.8 Å². The third-order valence-corrected chi connectivity index (χ3v) is 6.01. The highest BCUT2D eigenvalue weighted by Crippen LogP contribution is 2.22. The molecule has 0 aliphatic carbocycles. The van der Waals surface area contributed by atoms with Gasteiger partial charge in [-0.1, -0.05) is 23.7 Å². The first-order chi connectivity index (χ1) is 12.1. The largest absolute Gasteiger partial charge is 0.378 e. The third kappa shape index (κ3) is 4.55. The van der Waals surface area contributed by atoms with E-state index >= 15 is 0 Å². The zero-order chi connectivity index (χ0) is 19.5. The zero-order valence-corrected chi connectivity index (χ0v) is 16.7. The molecule has 0 aliphatic heterocycles. The van der Waals surface area contributed by atoms with Crippen LogP contribution in [0.4, 0.5) is 5.69 Å². The van der Waals surface area contributed by atoms with E-state index in [1.165, 1.54) is 32.3 Å². The normalized spacial score (nSPS) is 11.5. The molecule has 0 aromatic heterocycles. The lowest BCUT2D eigenvalue weighted by molar-refractivity contribution is 0.0951. The number of amides is 1. The molecule has 0 atom stereocenters. The summed E-state index contributed by atoms with van der Waals surface area (Å²) < 4.78 is 25.6. The molecule has 0 fully saturated rings. The van der Waals surface area contributed by atoms with Gasteiger partial charge in [0.15, 0.2) is 0 Å². The Bertz CT molecular complexity index is 894. The van der Waals surface area contributed by atoms with Crippen LogP contribution in [0, 0.1) is 0 Å². The number of anilines is 1. The van der Waals surface area contributed by atoms with Gasteiger partial charge in [0.2, 0.25) is 10.0 Å². The first-order valence-corrected chi connectivity index (χ1v) is 9.71. The first kappa shape index (κ1) is 20.2. The number of nitrogens with zero attached hydrogens (tertiary/aromatic N) is 2. The van der Waals surface area contributed by atoms with E-state index in [-0.39, 0.29) is 15.5 Å². The van der Waals surface area contributed by atoms with Crippen LogP contribution in [0.25, 0.3) is 0 Å². The van der Waals surface area contributed by atoms with Crippen molar-refractivity contribution in [3.63, 3.8) is 0 Å². The van der Waals surface area contributed by atoms with E-state index in [4.69, 9.17) is 11.6 Å². The van der Waals surface area contributed by atoms with Gasteiger partial charge >= 0.3 is 0 Å². The molecule has 6 nitrogen and oxygen atoms in total. The minimum atomic E-state index is -3.64. The maximum atomic E-state index is 12.5. The van der Waals surface area contributed by atoms with Gasteiger partial charge in [-0.05, 0) is 35.9 Å². The second kappa shape index (κ2) is 8.07. The van der Waals surface area contributed by atoms with Gasteiger partial charge in [0.1, 0.15) is 0 Å². The first-order valence-electron chi connectivity index (χ1n) is 7.89. The highest BCUT2D eigenvalue weighted by molar-refractivity contribution is 7.89. The van der Waals surface area contributed by atoms with E-state index in [1.54, 1.807) is 0 Å². The van der Waals surface area contributed by atoms with Crippen LogP contribution in [0.1, 0.15) is 15.9 Å². The van der Waals surface area contributed by atoms with Crippen LogP contribution in [0.5, 0.6) is 0 Å². The number of carbonyl (C=O) groups excluding carboxylic acids is 1. The summed E-state index contributed by atoms with van der Waals surface area (Å²) in [6.45, 7) is 0.313. The van der Waals surface area contributed by atoms with Gasteiger partial charge < -0.3 is 10.2 Å². The van der Waals surface area contributed by atoms with Gasteiger partial charge in [0.25, 0.3) is 5.91 Å². The Morgan fingerprint density at radius 1 is 1.04 bits per heavy atom. The van der Waals surface area contributed by atoms with Gasteiger partial charge in [-0.3, -0.25) is 4.79 Å². The van der Waals surface area contributed by atoms with Crippen LogP contribution >= 0.6 is 11.6 Å². The Balaban J connectivity index is 2.16. The number of rotatable bonds is 6. The monoisotopic (exact) mass is 395 g/mol. The maximum absolute atomic E-state index is 12.5. The van der Waals surface area contributed by atoms with Crippen molar-refractivity contribution in [3.05, 3.63) is 58.6 Å². The van der Waals surface area contributed by atoms with Crippen molar-refractivity contribution >= 4 is 33.2 Å². The van der Waals surface area contributed by atoms with Gasteiger partial charge in [-0.2, -0.15) is 0 Å². The van der Waals surface area contributed by atoms with Crippen molar-refractivity contribution in [1.82, 2.24) is 9.62 Å². The molecule has 2 aromatic rings. The molecular formula is C18H22ClN3O3S. The molecule has 0 spiro atoms. The van der Waals surface area contributed by atoms with E-state index in [1.807, 2.05) is 43.3 Å². The molecule has 0 saturated heterocycles. The zero-order valence-electron chi connectivity index (χ0n) is 15.2. The Labute approximate surface area is 159 Å². The molecule has 0 unspecified atom stereocenters. The average Bonchev–Trinajstić information content (AvgIpc) is 2.60. The van der Waals surface area contributed by atoms with E-state index < -0.39 is 15.9 Å². The van der Waals surface area contributed by atoms with Crippen LogP contribution in [0.2, 0.25) is 5.02 Å². The van der Waals surface area contributed by atoms with E-state index in [2.05, 4.69) is 5.32 Å². The second-order valence-electron chi connectivity index (χ2n) is 6.17. The summed E-state index contributed by atoms with van der Waals surface area (Å²) in [6.07, 6.45) is 0. The molecule has 0 saturated carbocycles. The Morgan fingerprint density at radius 2 is 1.65 bits per heavy atom. The summed E-state index contributed by atoms with van der Waals surface area (Å²) in [5.74, 6) is -0.428. The van der Waals surface area contributed by atoms with Gasteiger partial charge in [0.05, 0.1) is 15.5 Å². The number of nitrogens with one attached hydrogen (secondary N) is 1. The van der Waals surface area contributed by atoms with Crippen molar-refractivity contribution in [3.8, 4) is 0 Å². The van der Waals surface area contributed by atoms with Gasteiger partial charge in [-0.15, -0.1) is 0 Å². The summed E-state index contributed by atoms with van der Waals surface area (Å²) in [7, 11) is 3.13. The number of sulfonamides is 1. The molecule has 1 amide bonds. The number of benzene rings is 2. The molecule has 1 N–H and O–H groups in total. The number of carbonyl (C=O) groups is 1. The minimum absolute atomic E-state index is 0.0207. The van der Waals surface area contributed by atoms with Crippen molar-refractivity contribution in [1.29, 1.82) is 0 Å². The lowest BCUT2D eigenvalue weighted by atomic mass is 10.1. The van der Waals surface area contributed by atoms with E-state index in [0.717, 1.165) is 15.6 Å². The molecule has 2 rings (SSSR count). The average molecular weight is 396 g/mol. The van der Waals surface area contributed by atoms with Crippen molar-refractivity contribution < 1.29 is 13.2 Å². The lowest BCUT2D eigenvalue weighted by Gasteiger charge is -2.14. The molecule has 0 bridgehead atoms. The standard InChI is InChI=1S/C18H22ClN3O3S/c1-21(2)14-7-5-13(6-8-14)12-20-18(23)16-11-15(9-10-17(16)19)26(24,25)22(3)4/h5-11H,12H2,1-4H3,(H,20,23). The van der Waals surface area contributed by atoms with Crippen molar-refractivity contribution in [2.24, 2.45) is 0 Å². The number of hydrogen-bond donors (Lipinski definition) is 1. The van der Waals surface area contributed by atoms with Crippen molar-refractivity contribution in [2.45, 2.75) is 11.4 Å². The number of halogens is 1. The van der Waals surface area contributed by atoms with Gasteiger partial charge in [-0.25, -0.2) is 12.7 Å². The smallest absolute Gasteiger partial charge is 0.253 e. The number of hydrogen-bond acceptors (Lipinski definition) is 4. The summed E-state index contributed by atoms with van der Waals surface area (Å²) in [5.41, 5.74) is 2.11. The summed E-state index contributed by atoms with van der Waals surface area (Å²) >= 11 is 6.08. The lowest BCUT2D eigenvalue weighted by Crippen LogP contribution is -2.25. The maximum Gasteiger partial charge on any atom is 0.253 e. The molecule has 26 heavy (non-hydrogen) atoms. The predicted molar refractivity (Wildman–Crippen MR) is 104 cm³/mol. The minimum Gasteiger partial charge on any atom is -0.378 e. The molecular weight excluding hydrogens is 374 g/mol. The molecule has 0 radical (unpaired) electrons. The molecule has 0 heterocycles. The summed E-state index contributed by atoms with van der Waals surface area (Å²) in [6, 6.07) is 11.8. The van der Waals surface area contributed by atoms with E-state index in [9.17, 15) is 13.2 Å². The highest BCUT2D eigenvalue weighted by Gasteiger charge is 2.20. The third-order valence-electron chi connectivity index (χ3n) is 3.87. The fourth-order valence-electron chi connectivity index (χ4n) is 2.24. The van der Waals surface area contributed by atoms with Crippen LogP contribution in [-0.2, 0) is 16.6 Å². The highest BCUT2D eigenvalue weighted by atomic mass is 35.5. The topological polar surface area (TPSA) is 69.7 Å². The Morgan fingerprint density at radius 3 is 2.19 bits per heavy atom. The SMILES string of the molecule is CN(C)c1ccc(CNC(=O)c2cc(S(=O)(=O)N(C)C)ccc2Cl)cc1. The van der Waals surface area contributed by atoms with Crippen LogP contribution < -0.4 is 10.2 Å². The summed E-state index contributed by atoms with van der Waals surface area (Å²) in [5, 5.41) is 2.96. The Kier molecular flexibility index (Phi) is 6.28. The van der Waals surface area contributed by atoms with Crippen LogP contribution in [0.15, 0.2) is 47.4 Å². The fraction of sp³-hybridized carbons (Fsp3) is 0.278. The predicted octanol–water partition coefficient (Wildman–Crippen LogP) is 2.59. The second-order valence-corrected chi connectivity index (χ2v) is 8.73. The van der Waals surface area contributed by atoms with E-state index in [0.29, 0.717) is 6.54 Å². The Hall–Kier alpha value is -2.09. The van der Waals surface area contributed by atoms with Crippen molar-refractivity contribution in [2.75, 3.05) is 33.1 Å².